The van der Waals surface area contributed by atoms with E-state index in [2.05, 4.69) is 15.3 Å². The fourth-order valence-corrected chi connectivity index (χ4v) is 4.48. The zero-order valence-electron chi connectivity index (χ0n) is 18.7. The van der Waals surface area contributed by atoms with Gasteiger partial charge in [-0.2, -0.15) is 0 Å². The summed E-state index contributed by atoms with van der Waals surface area (Å²) in [5, 5.41) is 2.46. The van der Waals surface area contributed by atoms with Gasteiger partial charge in [-0.25, -0.2) is 13.8 Å². The Balaban J connectivity index is 1.71. The molecule has 0 aliphatic heterocycles. The third-order valence-corrected chi connectivity index (χ3v) is 6.25. The molecule has 1 heterocycles. The maximum absolute atomic E-state index is 13.5. The van der Waals surface area contributed by atoms with Gasteiger partial charge in [0.1, 0.15) is 5.69 Å². The highest BCUT2D eigenvalue weighted by Gasteiger charge is 2.36. The highest BCUT2D eigenvalue weighted by molar-refractivity contribution is 6.33. The summed E-state index contributed by atoms with van der Waals surface area (Å²) in [5.74, 6) is -4.23. The Labute approximate surface area is 200 Å². The van der Waals surface area contributed by atoms with Gasteiger partial charge in [0.05, 0.1) is 29.7 Å². The predicted molar refractivity (Wildman–Crippen MR) is 120 cm³/mol. The molecule has 1 aromatic heterocycles. The number of aromatic nitrogens is 2. The van der Waals surface area contributed by atoms with Crippen LogP contribution in [0.4, 0.5) is 14.5 Å². The first-order chi connectivity index (χ1) is 16.1. The van der Waals surface area contributed by atoms with E-state index < -0.39 is 29.4 Å². The number of H-pyrrole nitrogens is 1. The zero-order valence-corrected chi connectivity index (χ0v) is 19.5. The summed E-state index contributed by atoms with van der Waals surface area (Å²) >= 11 is 5.91. The number of imidazole rings is 1. The lowest BCUT2D eigenvalue weighted by Crippen LogP contribution is -2.50. The number of methoxy groups -OCH3 is 1. The highest BCUT2D eigenvalue weighted by atomic mass is 35.5. The molecule has 1 fully saturated rings. The van der Waals surface area contributed by atoms with Gasteiger partial charge >= 0.3 is 0 Å². The second-order valence-electron chi connectivity index (χ2n) is 8.25. The van der Waals surface area contributed by atoms with Crippen LogP contribution in [-0.4, -0.2) is 58.4 Å². The summed E-state index contributed by atoms with van der Waals surface area (Å²) < 4.78 is 32.0. The molecule has 1 saturated carbocycles. The number of halogens is 3. The fourth-order valence-electron chi connectivity index (χ4n) is 4.28. The number of ether oxygens (including phenoxy) is 1. The Hall–Kier alpha value is -3.05. The molecule has 2 aromatic rings. The third-order valence-electron chi connectivity index (χ3n) is 5.93. The van der Waals surface area contributed by atoms with Gasteiger partial charge in [-0.15, -0.1) is 0 Å². The number of anilines is 1. The van der Waals surface area contributed by atoms with E-state index >= 15 is 0 Å². The summed E-state index contributed by atoms with van der Waals surface area (Å²) in [6.07, 6.45) is 3.13. The van der Waals surface area contributed by atoms with E-state index in [1.165, 1.54) is 13.4 Å². The summed E-state index contributed by atoms with van der Waals surface area (Å²) in [7, 11) is 1.52. The van der Waals surface area contributed by atoms with Crippen LogP contribution in [0.15, 0.2) is 18.5 Å². The van der Waals surface area contributed by atoms with Gasteiger partial charge in [-0.05, 0) is 38.7 Å². The van der Waals surface area contributed by atoms with Crippen LogP contribution in [0.3, 0.4) is 0 Å². The number of rotatable bonds is 8. The average Bonchev–Trinajstić information content (AvgIpc) is 3.28. The van der Waals surface area contributed by atoms with Gasteiger partial charge in [-0.1, -0.05) is 11.6 Å². The van der Waals surface area contributed by atoms with Crippen LogP contribution in [0.25, 0.3) is 0 Å². The maximum Gasteiger partial charge on any atom is 0.275 e. The zero-order chi connectivity index (χ0) is 25.0. The molecule has 12 heteroatoms. The molecule has 1 aliphatic carbocycles. The first kappa shape index (κ1) is 25.6. The van der Waals surface area contributed by atoms with Crippen molar-refractivity contribution in [2.24, 2.45) is 11.7 Å². The molecule has 0 bridgehead atoms. The Morgan fingerprint density at radius 3 is 2.53 bits per heavy atom. The molecular formula is C22H26ClF2N5O4. The number of benzene rings is 1. The lowest BCUT2D eigenvalue weighted by Gasteiger charge is -2.39. The molecule has 0 saturated heterocycles. The van der Waals surface area contributed by atoms with Crippen molar-refractivity contribution in [1.82, 2.24) is 14.9 Å². The van der Waals surface area contributed by atoms with Crippen molar-refractivity contribution in [3.63, 3.8) is 0 Å². The van der Waals surface area contributed by atoms with Gasteiger partial charge in [0.25, 0.3) is 11.8 Å². The minimum absolute atomic E-state index is 0.00396. The highest BCUT2D eigenvalue weighted by Crippen LogP contribution is 2.32. The first-order valence-electron chi connectivity index (χ1n) is 10.7. The largest absolute Gasteiger partial charge is 0.383 e. The van der Waals surface area contributed by atoms with E-state index in [9.17, 15) is 23.2 Å². The van der Waals surface area contributed by atoms with Gasteiger partial charge in [0, 0.05) is 25.1 Å². The molecule has 184 valence electrons. The molecule has 1 unspecified atom stereocenters. The molecule has 1 atom stereocenters. The van der Waals surface area contributed by atoms with Crippen molar-refractivity contribution in [3.8, 4) is 0 Å². The van der Waals surface area contributed by atoms with Crippen molar-refractivity contribution in [2.75, 3.05) is 19.0 Å². The molecule has 3 amide bonds. The Kier molecular flexibility index (Phi) is 8.21. The number of nitrogens with one attached hydrogen (secondary N) is 2. The van der Waals surface area contributed by atoms with Crippen molar-refractivity contribution >= 4 is 35.0 Å². The number of hydrogen-bond donors (Lipinski definition) is 3. The van der Waals surface area contributed by atoms with Gasteiger partial charge in [0.15, 0.2) is 17.3 Å². The molecule has 3 rings (SSSR count). The number of carbonyl (C=O) groups is 3. The quantitative estimate of drug-likeness (QED) is 0.482. The van der Waals surface area contributed by atoms with Crippen molar-refractivity contribution in [3.05, 3.63) is 46.5 Å². The monoisotopic (exact) mass is 497 g/mol. The van der Waals surface area contributed by atoms with E-state index in [1.807, 2.05) is 6.92 Å². The molecule has 1 aromatic carbocycles. The number of nitrogens with zero attached hydrogens (tertiary/aromatic N) is 2. The average molecular weight is 498 g/mol. The third kappa shape index (κ3) is 5.53. The summed E-state index contributed by atoms with van der Waals surface area (Å²) in [5.41, 5.74) is 5.21. The fraction of sp³-hybridized carbons (Fsp3) is 0.455. The van der Waals surface area contributed by atoms with Crippen molar-refractivity contribution < 1.29 is 27.9 Å². The first-order valence-corrected chi connectivity index (χ1v) is 11.1. The number of nitrogens with two attached hydrogens (primary N) is 1. The van der Waals surface area contributed by atoms with E-state index in [4.69, 9.17) is 22.1 Å². The Bertz CT molecular complexity index is 1070. The van der Waals surface area contributed by atoms with Crippen LogP contribution in [0.5, 0.6) is 0 Å². The molecule has 4 N–H and O–H groups in total. The van der Waals surface area contributed by atoms with E-state index in [0.717, 1.165) is 12.1 Å². The number of carbonyl (C=O) groups excluding carboxylic acids is 3. The maximum atomic E-state index is 13.5. The standard InChI is InChI=1S/C22H26ClF2N5O4/c1-11(9-34-2)30(22(33)19-18(20(26)31)27-10-28-19)13-5-3-12(4-6-13)21(32)29-17-8-16(25)15(24)7-14(17)23/h7-8,10-13H,3-6,9H2,1-2H3,(H2,26,31)(H,27,28)(H,29,32)/t11?,12-,13-. The predicted octanol–water partition coefficient (Wildman–Crippen LogP) is 3.11. The van der Waals surface area contributed by atoms with Gasteiger partial charge < -0.3 is 25.7 Å². The number of amides is 3. The molecule has 0 radical (unpaired) electrons. The van der Waals surface area contributed by atoms with Gasteiger partial charge in [-0.3, -0.25) is 14.4 Å². The molecule has 0 spiro atoms. The van der Waals surface area contributed by atoms with Crippen LogP contribution in [0.1, 0.15) is 53.6 Å². The second kappa shape index (κ2) is 10.9. The topological polar surface area (TPSA) is 130 Å². The molecule has 34 heavy (non-hydrogen) atoms. The minimum atomic E-state index is -1.11. The Morgan fingerprint density at radius 2 is 1.91 bits per heavy atom. The van der Waals surface area contributed by atoms with Crippen molar-refractivity contribution in [1.29, 1.82) is 0 Å². The number of primary amides is 1. The van der Waals surface area contributed by atoms with Gasteiger partial charge in [0.2, 0.25) is 5.91 Å². The van der Waals surface area contributed by atoms with E-state index in [0.29, 0.717) is 25.7 Å². The van der Waals surface area contributed by atoms with Crippen LogP contribution in [0.2, 0.25) is 5.02 Å². The van der Waals surface area contributed by atoms with Crippen LogP contribution < -0.4 is 11.1 Å². The molecule has 1 aliphatic rings. The smallest absolute Gasteiger partial charge is 0.275 e. The van der Waals surface area contributed by atoms with E-state index in [-0.39, 0.29) is 46.7 Å². The van der Waals surface area contributed by atoms with E-state index in [1.54, 1.807) is 4.90 Å². The number of aromatic amines is 1. The normalized spacial score (nSPS) is 18.9. The summed E-state index contributed by atoms with van der Waals surface area (Å²) in [6.45, 7) is 2.08. The second-order valence-corrected chi connectivity index (χ2v) is 8.66. The van der Waals surface area contributed by atoms with Crippen LogP contribution in [0, 0.1) is 17.6 Å². The summed E-state index contributed by atoms with van der Waals surface area (Å²) in [6, 6.07) is 1.09. The van der Waals surface area contributed by atoms with Crippen LogP contribution in [-0.2, 0) is 9.53 Å². The summed E-state index contributed by atoms with van der Waals surface area (Å²) in [4.78, 5) is 45.9. The Morgan fingerprint density at radius 1 is 1.26 bits per heavy atom. The lowest BCUT2D eigenvalue weighted by molar-refractivity contribution is -0.121. The lowest BCUT2D eigenvalue weighted by atomic mass is 9.84. The minimum Gasteiger partial charge on any atom is -0.383 e. The number of hydrogen-bond acceptors (Lipinski definition) is 5. The van der Waals surface area contributed by atoms with Crippen molar-refractivity contribution in [2.45, 2.75) is 44.7 Å². The SMILES string of the molecule is COCC(C)N(C(=O)c1nc[nH]c1C(N)=O)[C@H]1CC[C@H](C(=O)Nc2cc(F)c(F)cc2Cl)CC1. The molecule has 9 nitrogen and oxygen atoms in total. The molecular weight excluding hydrogens is 472 g/mol. The van der Waals surface area contributed by atoms with Crippen LogP contribution >= 0.6 is 11.6 Å².